The first-order valence-corrected chi connectivity index (χ1v) is 11.3. The Balaban J connectivity index is 1.69. The van der Waals surface area contributed by atoms with E-state index in [1.165, 1.54) is 0 Å². The van der Waals surface area contributed by atoms with E-state index in [0.717, 1.165) is 6.42 Å². The van der Waals surface area contributed by atoms with E-state index in [4.69, 9.17) is 41.9 Å². The summed E-state index contributed by atoms with van der Waals surface area (Å²) in [5.74, 6) is -1.88. The standard InChI is InChI=1S/C20H41N5O7/c1-9(21)12-5-4-10(22)17(30-12)31-13-7-20(28,14(24)6-11(13)23)32-18-15(26)16(25-3)19(2,27)8-29-18/h9-18,25-28H,4-8,21-24H2,1-3H3/t9?,10-,11+,12+,13+,14-,15+,16+,17-,18+,19-,20-/m1/s1. The van der Waals surface area contributed by atoms with Gasteiger partial charge >= 0.3 is 0 Å². The molecule has 1 unspecified atom stereocenters. The smallest absolute Gasteiger partial charge is 0.188 e. The maximum absolute atomic E-state index is 11.3. The fraction of sp³-hybridized carbons (Fsp3) is 1.00. The molecule has 188 valence electrons. The lowest BCUT2D eigenvalue weighted by Gasteiger charge is -2.49. The number of hydrogen-bond donors (Lipinski definition) is 8. The number of rotatable bonds is 6. The van der Waals surface area contributed by atoms with Crippen molar-refractivity contribution in [2.24, 2.45) is 22.9 Å². The number of aliphatic hydroxyl groups is 3. The molecular weight excluding hydrogens is 422 g/mol. The van der Waals surface area contributed by atoms with Crippen LogP contribution < -0.4 is 28.3 Å². The Hall–Kier alpha value is -0.480. The molecule has 2 saturated heterocycles. The van der Waals surface area contributed by atoms with Gasteiger partial charge in [-0.05, 0) is 40.2 Å². The molecule has 0 bridgehead atoms. The van der Waals surface area contributed by atoms with E-state index in [1.807, 2.05) is 6.92 Å². The molecule has 1 saturated carbocycles. The fourth-order valence-electron chi connectivity index (χ4n) is 4.78. The van der Waals surface area contributed by atoms with Crippen molar-refractivity contribution < 1.29 is 34.3 Å². The van der Waals surface area contributed by atoms with E-state index in [1.54, 1.807) is 14.0 Å². The molecule has 3 rings (SSSR count). The monoisotopic (exact) mass is 463 g/mol. The third-order valence-electron chi connectivity index (χ3n) is 6.88. The van der Waals surface area contributed by atoms with Gasteiger partial charge in [-0.15, -0.1) is 0 Å². The molecule has 3 aliphatic rings. The van der Waals surface area contributed by atoms with Gasteiger partial charge in [0.15, 0.2) is 18.4 Å². The van der Waals surface area contributed by atoms with Gasteiger partial charge in [-0.2, -0.15) is 0 Å². The highest BCUT2D eigenvalue weighted by Gasteiger charge is 2.53. The van der Waals surface area contributed by atoms with Crippen molar-refractivity contribution in [1.82, 2.24) is 5.32 Å². The maximum Gasteiger partial charge on any atom is 0.188 e. The number of nitrogens with one attached hydrogen (secondary N) is 1. The first kappa shape index (κ1) is 26.1. The Bertz CT molecular complexity index is 629. The average Bonchev–Trinajstić information content (AvgIpc) is 2.70. The van der Waals surface area contributed by atoms with Crippen LogP contribution in [0.5, 0.6) is 0 Å². The van der Waals surface area contributed by atoms with Gasteiger partial charge < -0.3 is 62.5 Å². The molecule has 12 nitrogen and oxygen atoms in total. The summed E-state index contributed by atoms with van der Waals surface area (Å²) in [6, 6.07) is -2.60. The minimum absolute atomic E-state index is 0.0715. The first-order valence-electron chi connectivity index (χ1n) is 11.3. The van der Waals surface area contributed by atoms with Crippen LogP contribution in [0.2, 0.25) is 0 Å². The summed E-state index contributed by atoms with van der Waals surface area (Å²) >= 11 is 0. The highest BCUT2D eigenvalue weighted by molar-refractivity contribution is 5.01. The van der Waals surface area contributed by atoms with Crippen LogP contribution >= 0.6 is 0 Å². The van der Waals surface area contributed by atoms with Gasteiger partial charge in [0.05, 0.1) is 36.9 Å². The van der Waals surface area contributed by atoms with Crippen LogP contribution in [-0.2, 0) is 18.9 Å². The van der Waals surface area contributed by atoms with Gasteiger partial charge in [0, 0.05) is 18.5 Å². The predicted molar refractivity (Wildman–Crippen MR) is 115 cm³/mol. The zero-order valence-electron chi connectivity index (χ0n) is 19.1. The Morgan fingerprint density at radius 3 is 2.44 bits per heavy atom. The van der Waals surface area contributed by atoms with Gasteiger partial charge in [-0.3, -0.25) is 0 Å². The second kappa shape index (κ2) is 10.0. The Morgan fingerprint density at radius 1 is 1.12 bits per heavy atom. The number of aliphatic hydroxyl groups excluding tert-OH is 1. The molecule has 0 aromatic heterocycles. The number of likely N-dealkylation sites (N-methyl/N-ethyl adjacent to an activating group) is 1. The molecule has 0 aromatic carbocycles. The average molecular weight is 464 g/mol. The maximum atomic E-state index is 11.3. The van der Waals surface area contributed by atoms with E-state index in [-0.39, 0.29) is 37.6 Å². The van der Waals surface area contributed by atoms with Gasteiger partial charge in [0.25, 0.3) is 0 Å². The van der Waals surface area contributed by atoms with Crippen LogP contribution in [0.4, 0.5) is 0 Å². The predicted octanol–water partition coefficient (Wildman–Crippen LogP) is -3.24. The van der Waals surface area contributed by atoms with Crippen molar-refractivity contribution in [3.8, 4) is 0 Å². The second-order valence-electron chi connectivity index (χ2n) is 9.78. The van der Waals surface area contributed by atoms with Gasteiger partial charge in [0.2, 0.25) is 0 Å². The van der Waals surface area contributed by atoms with Crippen LogP contribution in [0.3, 0.4) is 0 Å². The molecule has 0 amide bonds. The molecule has 2 heterocycles. The largest absolute Gasteiger partial charge is 0.386 e. The van der Waals surface area contributed by atoms with Gasteiger partial charge in [0.1, 0.15) is 11.7 Å². The van der Waals surface area contributed by atoms with Crippen molar-refractivity contribution in [3.63, 3.8) is 0 Å². The molecule has 0 aromatic rings. The quantitative estimate of drug-likeness (QED) is 0.182. The van der Waals surface area contributed by atoms with Crippen LogP contribution in [-0.4, -0.2) is 101 Å². The zero-order valence-corrected chi connectivity index (χ0v) is 19.1. The van der Waals surface area contributed by atoms with Crippen molar-refractivity contribution in [1.29, 1.82) is 0 Å². The third-order valence-corrected chi connectivity index (χ3v) is 6.88. The summed E-state index contributed by atoms with van der Waals surface area (Å²) in [6.07, 6.45) is -2.48. The van der Waals surface area contributed by atoms with Crippen LogP contribution in [0, 0.1) is 0 Å². The number of hydrogen-bond acceptors (Lipinski definition) is 12. The van der Waals surface area contributed by atoms with E-state index in [9.17, 15) is 15.3 Å². The van der Waals surface area contributed by atoms with E-state index >= 15 is 0 Å². The third kappa shape index (κ3) is 5.43. The van der Waals surface area contributed by atoms with E-state index in [2.05, 4.69) is 5.32 Å². The summed E-state index contributed by atoms with van der Waals surface area (Å²) in [7, 11) is 1.61. The van der Waals surface area contributed by atoms with Crippen LogP contribution in [0.15, 0.2) is 0 Å². The first-order chi connectivity index (χ1) is 14.9. The lowest BCUT2D eigenvalue weighted by molar-refractivity contribution is -0.363. The molecule has 12 N–H and O–H groups in total. The van der Waals surface area contributed by atoms with Crippen LogP contribution in [0.1, 0.15) is 39.5 Å². The van der Waals surface area contributed by atoms with E-state index < -0.39 is 54.3 Å². The minimum Gasteiger partial charge on any atom is -0.386 e. The molecule has 3 fully saturated rings. The molecular formula is C20H41N5O7. The van der Waals surface area contributed by atoms with Crippen molar-refractivity contribution in [3.05, 3.63) is 0 Å². The van der Waals surface area contributed by atoms with Gasteiger partial charge in [-0.25, -0.2) is 0 Å². The van der Waals surface area contributed by atoms with Crippen LogP contribution in [0.25, 0.3) is 0 Å². The molecule has 1 aliphatic carbocycles. The Labute approximate surface area is 188 Å². The number of ether oxygens (including phenoxy) is 4. The lowest BCUT2D eigenvalue weighted by Crippen LogP contribution is -2.69. The van der Waals surface area contributed by atoms with Gasteiger partial charge in [-0.1, -0.05) is 0 Å². The topological polar surface area (TPSA) is 214 Å². The Kier molecular flexibility index (Phi) is 8.18. The normalized spacial score (nSPS) is 51.4. The molecule has 2 aliphatic heterocycles. The summed E-state index contributed by atoms with van der Waals surface area (Å²) in [5, 5.41) is 35.2. The summed E-state index contributed by atoms with van der Waals surface area (Å²) in [5.41, 5.74) is 23.3. The number of nitrogens with two attached hydrogens (primary N) is 4. The van der Waals surface area contributed by atoms with Crippen molar-refractivity contribution >= 4 is 0 Å². The second-order valence-corrected chi connectivity index (χ2v) is 9.78. The highest BCUT2D eigenvalue weighted by Crippen LogP contribution is 2.36. The SMILES string of the molecule is CN[C@H]1[C@H](O)[C@H](O[C@]2(O)C[C@H](O[C@H]3O[C@H](C(C)N)CC[C@H]3N)[C@@H](N)C[C@H]2N)OC[C@@]1(C)O. The summed E-state index contributed by atoms with van der Waals surface area (Å²) < 4.78 is 23.4. The fourth-order valence-corrected chi connectivity index (χ4v) is 4.78. The molecule has 32 heavy (non-hydrogen) atoms. The zero-order chi connectivity index (χ0) is 23.8. The summed E-state index contributed by atoms with van der Waals surface area (Å²) in [4.78, 5) is 0. The lowest BCUT2D eigenvalue weighted by atomic mass is 9.83. The van der Waals surface area contributed by atoms with E-state index in [0.29, 0.717) is 6.42 Å². The highest BCUT2D eigenvalue weighted by atomic mass is 16.8. The molecule has 12 heteroatoms. The minimum atomic E-state index is -1.88. The molecule has 12 atom stereocenters. The molecule has 0 radical (unpaired) electrons. The molecule has 0 spiro atoms. The van der Waals surface area contributed by atoms with Crippen molar-refractivity contribution in [2.45, 2.75) is 112 Å². The summed E-state index contributed by atoms with van der Waals surface area (Å²) in [6.45, 7) is 3.30. The Morgan fingerprint density at radius 2 is 1.81 bits per heavy atom. The van der Waals surface area contributed by atoms with Crippen molar-refractivity contribution in [2.75, 3.05) is 13.7 Å².